The van der Waals surface area contributed by atoms with Gasteiger partial charge in [-0.2, -0.15) is 5.10 Å². The van der Waals surface area contributed by atoms with E-state index in [0.717, 1.165) is 0 Å². The topological polar surface area (TPSA) is 110 Å². The van der Waals surface area contributed by atoms with E-state index in [9.17, 15) is 9.59 Å². The molecule has 0 bridgehead atoms. The minimum atomic E-state index is -0.715. The van der Waals surface area contributed by atoms with Crippen LogP contribution in [-0.4, -0.2) is 28.6 Å². The predicted octanol–water partition coefficient (Wildman–Crippen LogP) is 1.47. The predicted molar refractivity (Wildman–Crippen MR) is 77.4 cm³/mol. The van der Waals surface area contributed by atoms with Gasteiger partial charge in [0.25, 0.3) is 11.8 Å². The van der Waals surface area contributed by atoms with Crippen LogP contribution in [-0.2, 0) is 0 Å². The highest BCUT2D eigenvalue weighted by molar-refractivity contribution is 6.09. The molecule has 0 radical (unpaired) electrons. The fourth-order valence-corrected chi connectivity index (χ4v) is 1.88. The van der Waals surface area contributed by atoms with Gasteiger partial charge >= 0.3 is 0 Å². The summed E-state index contributed by atoms with van der Waals surface area (Å²) in [6.45, 7) is 3.96. The Bertz CT molecular complexity index is 679. The van der Waals surface area contributed by atoms with E-state index >= 15 is 0 Å². The van der Waals surface area contributed by atoms with Crippen LogP contribution >= 0.6 is 0 Å². The smallest absolute Gasteiger partial charge is 0.271 e. The number of para-hydroxylation sites is 1. The molecule has 1 aromatic carbocycles. The molecule has 4 N–H and O–H groups in total. The number of anilines is 1. The first-order valence-electron chi connectivity index (χ1n) is 6.42. The van der Waals surface area contributed by atoms with E-state index in [-0.39, 0.29) is 11.4 Å². The van der Waals surface area contributed by atoms with Crippen LogP contribution in [0.5, 0.6) is 5.75 Å². The molecular formula is C14H16N4O3. The van der Waals surface area contributed by atoms with Crippen LogP contribution in [0.1, 0.15) is 33.5 Å². The summed E-state index contributed by atoms with van der Waals surface area (Å²) in [6, 6.07) is 6.85. The van der Waals surface area contributed by atoms with Gasteiger partial charge in [-0.3, -0.25) is 14.7 Å². The second-order valence-corrected chi connectivity index (χ2v) is 4.32. The largest absolute Gasteiger partial charge is 0.493 e. The van der Waals surface area contributed by atoms with Crippen molar-refractivity contribution in [3.63, 3.8) is 0 Å². The Morgan fingerprint density at radius 2 is 2.10 bits per heavy atom. The van der Waals surface area contributed by atoms with Crippen LogP contribution in [0.4, 0.5) is 5.69 Å². The van der Waals surface area contributed by atoms with Gasteiger partial charge in [0.2, 0.25) is 0 Å². The number of aromatic amines is 1. The number of nitrogens with one attached hydrogen (secondary N) is 2. The molecule has 1 aromatic heterocycles. The summed E-state index contributed by atoms with van der Waals surface area (Å²) in [5.41, 5.74) is 6.41. The van der Waals surface area contributed by atoms with Gasteiger partial charge in [0.15, 0.2) is 5.69 Å². The monoisotopic (exact) mass is 288 g/mol. The third-order valence-corrected chi connectivity index (χ3v) is 2.85. The number of hydrogen-bond donors (Lipinski definition) is 3. The summed E-state index contributed by atoms with van der Waals surface area (Å²) in [6.07, 6.45) is 0. The normalized spacial score (nSPS) is 10.2. The first kappa shape index (κ1) is 14.6. The van der Waals surface area contributed by atoms with Crippen LogP contribution in [0.15, 0.2) is 24.3 Å². The van der Waals surface area contributed by atoms with Crippen LogP contribution in [0.25, 0.3) is 0 Å². The number of primary amides is 1. The quantitative estimate of drug-likeness (QED) is 0.773. The summed E-state index contributed by atoms with van der Waals surface area (Å²) in [7, 11) is 0. The first-order chi connectivity index (χ1) is 10.0. The summed E-state index contributed by atoms with van der Waals surface area (Å²) in [4.78, 5) is 23.6. The molecule has 7 heteroatoms. The maximum Gasteiger partial charge on any atom is 0.271 e. The van der Waals surface area contributed by atoms with E-state index in [1.165, 1.54) is 0 Å². The molecule has 0 aliphatic rings. The van der Waals surface area contributed by atoms with Crippen molar-refractivity contribution in [2.75, 3.05) is 11.9 Å². The van der Waals surface area contributed by atoms with Gasteiger partial charge in [-0.05, 0) is 26.0 Å². The van der Waals surface area contributed by atoms with Crippen LogP contribution < -0.4 is 15.8 Å². The average Bonchev–Trinajstić information content (AvgIpc) is 2.81. The molecule has 2 rings (SSSR count). The van der Waals surface area contributed by atoms with Gasteiger partial charge < -0.3 is 15.8 Å². The zero-order valence-corrected chi connectivity index (χ0v) is 11.8. The standard InChI is InChI=1S/C14H16N4O3/c1-3-21-10-7-5-4-6-9(10)14(20)16-11-8(2)17-18-12(11)13(15)19/h4-7H,3H2,1-2H3,(H2,15,19)(H,16,20)(H,17,18). The van der Waals surface area contributed by atoms with Gasteiger partial charge in [0.05, 0.1) is 23.6 Å². The number of carbonyl (C=O) groups excluding carboxylic acids is 2. The second-order valence-electron chi connectivity index (χ2n) is 4.32. The first-order valence-corrected chi connectivity index (χ1v) is 6.42. The van der Waals surface area contributed by atoms with Gasteiger partial charge in [-0.1, -0.05) is 12.1 Å². The fraction of sp³-hybridized carbons (Fsp3) is 0.214. The number of ether oxygens (including phenoxy) is 1. The van der Waals surface area contributed by atoms with E-state index in [1.807, 2.05) is 6.92 Å². The zero-order valence-electron chi connectivity index (χ0n) is 11.8. The van der Waals surface area contributed by atoms with Crippen molar-refractivity contribution in [3.8, 4) is 5.75 Å². The molecule has 0 saturated carbocycles. The summed E-state index contributed by atoms with van der Waals surface area (Å²) in [5, 5.41) is 9.04. The molecule has 7 nitrogen and oxygen atoms in total. The number of amides is 2. The molecule has 0 spiro atoms. The highest BCUT2D eigenvalue weighted by Crippen LogP contribution is 2.22. The van der Waals surface area contributed by atoms with Crippen molar-refractivity contribution >= 4 is 17.5 Å². The highest BCUT2D eigenvalue weighted by Gasteiger charge is 2.19. The Morgan fingerprint density at radius 3 is 2.76 bits per heavy atom. The fourth-order valence-electron chi connectivity index (χ4n) is 1.88. The maximum absolute atomic E-state index is 12.3. The van der Waals surface area contributed by atoms with E-state index < -0.39 is 11.8 Å². The SMILES string of the molecule is CCOc1ccccc1C(=O)Nc1c(C(N)=O)n[nH]c1C. The highest BCUT2D eigenvalue weighted by atomic mass is 16.5. The Balaban J connectivity index is 2.31. The number of carbonyl (C=O) groups is 2. The lowest BCUT2D eigenvalue weighted by atomic mass is 10.1. The maximum atomic E-state index is 12.3. The number of nitrogens with two attached hydrogens (primary N) is 1. The lowest BCUT2D eigenvalue weighted by Crippen LogP contribution is -2.19. The molecule has 0 aliphatic heterocycles. The molecule has 0 fully saturated rings. The number of benzene rings is 1. The minimum Gasteiger partial charge on any atom is -0.493 e. The van der Waals surface area contributed by atoms with E-state index in [2.05, 4.69) is 15.5 Å². The molecule has 0 saturated heterocycles. The average molecular weight is 288 g/mol. The van der Waals surface area contributed by atoms with Crippen molar-refractivity contribution in [1.29, 1.82) is 0 Å². The van der Waals surface area contributed by atoms with Crippen LogP contribution in [0.3, 0.4) is 0 Å². The molecule has 2 amide bonds. The lowest BCUT2D eigenvalue weighted by Gasteiger charge is -2.10. The number of nitrogens with zero attached hydrogens (tertiary/aromatic N) is 1. The zero-order chi connectivity index (χ0) is 15.4. The molecule has 21 heavy (non-hydrogen) atoms. The molecule has 0 unspecified atom stereocenters. The summed E-state index contributed by atoms with van der Waals surface area (Å²) in [5.74, 6) is -0.641. The van der Waals surface area contributed by atoms with Gasteiger partial charge in [-0.15, -0.1) is 0 Å². The molecule has 0 aliphatic carbocycles. The van der Waals surface area contributed by atoms with Crippen molar-refractivity contribution < 1.29 is 14.3 Å². The third kappa shape index (κ3) is 3.02. The molecule has 1 heterocycles. The number of H-pyrrole nitrogens is 1. The number of hydrogen-bond acceptors (Lipinski definition) is 4. The Hall–Kier alpha value is -2.83. The Labute approximate surface area is 121 Å². The number of aryl methyl sites for hydroxylation is 1. The number of aromatic nitrogens is 2. The van der Waals surface area contributed by atoms with Crippen LogP contribution in [0.2, 0.25) is 0 Å². The summed E-state index contributed by atoms with van der Waals surface area (Å²) < 4.78 is 5.41. The molecule has 0 atom stereocenters. The van der Waals surface area contributed by atoms with Gasteiger partial charge in [0, 0.05) is 0 Å². The molecule has 2 aromatic rings. The van der Waals surface area contributed by atoms with E-state index in [1.54, 1.807) is 31.2 Å². The lowest BCUT2D eigenvalue weighted by molar-refractivity contribution is 0.0996. The van der Waals surface area contributed by atoms with Crippen molar-refractivity contribution in [2.24, 2.45) is 5.73 Å². The van der Waals surface area contributed by atoms with E-state index in [4.69, 9.17) is 10.5 Å². The second kappa shape index (κ2) is 6.08. The van der Waals surface area contributed by atoms with Crippen molar-refractivity contribution in [3.05, 3.63) is 41.2 Å². The van der Waals surface area contributed by atoms with Gasteiger partial charge in [-0.25, -0.2) is 0 Å². The summed E-state index contributed by atoms with van der Waals surface area (Å²) >= 11 is 0. The molecular weight excluding hydrogens is 272 g/mol. The molecule has 110 valence electrons. The Morgan fingerprint density at radius 1 is 1.38 bits per heavy atom. The van der Waals surface area contributed by atoms with Gasteiger partial charge in [0.1, 0.15) is 5.75 Å². The van der Waals surface area contributed by atoms with E-state index in [0.29, 0.717) is 23.6 Å². The number of rotatable bonds is 5. The third-order valence-electron chi connectivity index (χ3n) is 2.85. The van der Waals surface area contributed by atoms with Crippen molar-refractivity contribution in [1.82, 2.24) is 10.2 Å². The van der Waals surface area contributed by atoms with Crippen molar-refractivity contribution in [2.45, 2.75) is 13.8 Å². The van der Waals surface area contributed by atoms with Crippen LogP contribution in [0, 0.1) is 6.92 Å². The Kier molecular flexibility index (Phi) is 4.22. The minimum absolute atomic E-state index is 0.00487.